The fourth-order valence-electron chi connectivity index (χ4n) is 2.56. The minimum Gasteiger partial charge on any atom is -0.310 e. The van der Waals surface area contributed by atoms with Gasteiger partial charge in [-0.15, -0.1) is 0 Å². The molecule has 0 aliphatic rings. The van der Waals surface area contributed by atoms with Crippen molar-refractivity contribution >= 4 is 22.5 Å². The number of hydrogen-bond acceptors (Lipinski definition) is 3. The number of carbonyl (C=O) groups excluding carboxylic acids is 1. The quantitative estimate of drug-likeness (QED) is 0.657. The highest BCUT2D eigenvalue weighted by atomic mass is 16.1. The molecule has 0 aliphatic heterocycles. The summed E-state index contributed by atoms with van der Waals surface area (Å²) in [5.41, 5.74) is 3.80. The Hall–Kier alpha value is -2.61. The van der Waals surface area contributed by atoms with Crippen LogP contribution in [0.4, 0.5) is 0 Å². The van der Waals surface area contributed by atoms with Gasteiger partial charge in [0.1, 0.15) is 12.2 Å². The van der Waals surface area contributed by atoms with Crippen molar-refractivity contribution in [3.05, 3.63) is 35.5 Å². The van der Waals surface area contributed by atoms with Crippen LogP contribution in [0.5, 0.6) is 0 Å². The number of imidazole rings is 1. The van der Waals surface area contributed by atoms with Gasteiger partial charge in [-0.25, -0.2) is 4.52 Å². The van der Waals surface area contributed by atoms with Gasteiger partial charge in [-0.05, 0) is 26.0 Å². The lowest BCUT2D eigenvalue weighted by molar-refractivity contribution is 0.101. The number of aromatic nitrogens is 3. The zero-order valence-electron chi connectivity index (χ0n) is 10.7. The van der Waals surface area contributed by atoms with Crippen LogP contribution in [0.15, 0.2) is 24.3 Å². The number of nitrogens with zero attached hydrogens (tertiary/aromatic N) is 4. The van der Waals surface area contributed by atoms with Crippen molar-refractivity contribution in [2.75, 3.05) is 0 Å². The molecule has 0 amide bonds. The van der Waals surface area contributed by atoms with Gasteiger partial charge in [-0.1, -0.05) is 12.1 Å². The third-order valence-electron chi connectivity index (χ3n) is 3.27. The van der Waals surface area contributed by atoms with Gasteiger partial charge in [0.2, 0.25) is 0 Å². The summed E-state index contributed by atoms with van der Waals surface area (Å²) in [5, 5.41) is 13.4. The van der Waals surface area contributed by atoms with Gasteiger partial charge < -0.3 is 4.57 Å². The molecule has 0 N–H and O–H groups in total. The molecule has 19 heavy (non-hydrogen) atoms. The van der Waals surface area contributed by atoms with Gasteiger partial charge in [0, 0.05) is 0 Å². The number of benzene rings is 1. The van der Waals surface area contributed by atoms with Crippen molar-refractivity contribution in [3.8, 4) is 6.07 Å². The second kappa shape index (κ2) is 3.95. The molecule has 0 unspecified atom stereocenters. The van der Waals surface area contributed by atoms with Crippen LogP contribution in [0, 0.1) is 18.3 Å². The number of Topliss-reactive ketones (excluding diaryl/α,β-unsaturated/α-hetero) is 1. The van der Waals surface area contributed by atoms with E-state index in [1.54, 1.807) is 4.52 Å². The maximum Gasteiger partial charge on any atom is 0.165 e. The average molecular weight is 252 g/mol. The van der Waals surface area contributed by atoms with Gasteiger partial charge in [0.05, 0.1) is 28.4 Å². The summed E-state index contributed by atoms with van der Waals surface area (Å²) in [5.74, 6) is -0.0329. The highest BCUT2D eigenvalue weighted by Crippen LogP contribution is 2.25. The second-order valence-electron chi connectivity index (χ2n) is 4.48. The van der Waals surface area contributed by atoms with E-state index in [0.29, 0.717) is 16.9 Å². The lowest BCUT2D eigenvalue weighted by Crippen LogP contribution is -2.01. The van der Waals surface area contributed by atoms with E-state index in [0.717, 1.165) is 11.0 Å². The van der Waals surface area contributed by atoms with E-state index in [2.05, 4.69) is 11.2 Å². The summed E-state index contributed by atoms with van der Waals surface area (Å²) in [6.07, 6.45) is 0. The van der Waals surface area contributed by atoms with Gasteiger partial charge in [0.15, 0.2) is 5.78 Å². The predicted molar refractivity (Wildman–Crippen MR) is 71.0 cm³/mol. The molecule has 0 spiro atoms. The molecule has 3 aromatic rings. The van der Waals surface area contributed by atoms with Gasteiger partial charge in [-0.2, -0.15) is 10.4 Å². The Bertz CT molecular complexity index is 848. The summed E-state index contributed by atoms with van der Waals surface area (Å²) in [6.45, 7) is 3.54. The summed E-state index contributed by atoms with van der Waals surface area (Å²) in [7, 11) is 0. The van der Waals surface area contributed by atoms with Crippen LogP contribution < -0.4 is 0 Å². The molecule has 0 atom stereocenters. The zero-order valence-corrected chi connectivity index (χ0v) is 10.7. The number of aryl methyl sites for hydroxylation is 1. The Kier molecular flexibility index (Phi) is 2.39. The van der Waals surface area contributed by atoms with E-state index in [-0.39, 0.29) is 12.3 Å². The number of para-hydroxylation sites is 2. The second-order valence-corrected chi connectivity index (χ2v) is 4.48. The standard InChI is InChI=1S/C14H12N4O/c1-9-13(10(2)19)14-17(8-7-15)11-5-3-4-6-12(11)18(14)16-9/h3-6H,8H2,1-2H3. The third-order valence-corrected chi connectivity index (χ3v) is 3.27. The largest absolute Gasteiger partial charge is 0.310 e. The van der Waals surface area contributed by atoms with Crippen LogP contribution in [0.2, 0.25) is 0 Å². The first kappa shape index (κ1) is 11.5. The van der Waals surface area contributed by atoms with Crippen LogP contribution in [0.25, 0.3) is 16.7 Å². The lowest BCUT2D eigenvalue weighted by atomic mass is 10.2. The fourth-order valence-corrected chi connectivity index (χ4v) is 2.56. The molecule has 0 bridgehead atoms. The van der Waals surface area contributed by atoms with E-state index in [1.807, 2.05) is 35.8 Å². The molecule has 3 rings (SSSR count). The highest BCUT2D eigenvalue weighted by Gasteiger charge is 2.20. The smallest absolute Gasteiger partial charge is 0.165 e. The molecular weight excluding hydrogens is 240 g/mol. The van der Waals surface area contributed by atoms with Crippen molar-refractivity contribution in [2.24, 2.45) is 0 Å². The fraction of sp³-hybridized carbons (Fsp3) is 0.214. The first-order valence-corrected chi connectivity index (χ1v) is 5.99. The topological polar surface area (TPSA) is 63.1 Å². The SMILES string of the molecule is CC(=O)c1c(C)nn2c3ccccc3n(CC#N)c12. The first-order valence-electron chi connectivity index (χ1n) is 5.99. The van der Waals surface area contributed by atoms with Crippen LogP contribution in [0.3, 0.4) is 0 Å². The molecule has 0 saturated carbocycles. The zero-order chi connectivity index (χ0) is 13.6. The van der Waals surface area contributed by atoms with Crippen molar-refractivity contribution < 1.29 is 4.79 Å². The van der Waals surface area contributed by atoms with Gasteiger partial charge in [0.25, 0.3) is 0 Å². The summed E-state index contributed by atoms with van der Waals surface area (Å²) in [6, 6.07) is 9.84. The minimum absolute atomic E-state index is 0.0329. The number of carbonyl (C=O) groups is 1. The Morgan fingerprint density at radius 2 is 2.05 bits per heavy atom. The molecule has 5 nitrogen and oxygen atoms in total. The first-order chi connectivity index (χ1) is 9.15. The number of rotatable bonds is 2. The number of hydrogen-bond donors (Lipinski definition) is 0. The van der Waals surface area contributed by atoms with Crippen LogP contribution in [-0.4, -0.2) is 20.0 Å². The molecule has 1 aromatic carbocycles. The normalized spacial score (nSPS) is 11.0. The van der Waals surface area contributed by atoms with E-state index in [9.17, 15) is 4.79 Å². The number of ketones is 1. The highest BCUT2D eigenvalue weighted by molar-refractivity contribution is 6.03. The van der Waals surface area contributed by atoms with Crippen LogP contribution in [-0.2, 0) is 6.54 Å². The predicted octanol–water partition coefficient (Wildman–Crippen LogP) is 2.32. The Labute approximate surface area is 109 Å². The number of fused-ring (bicyclic) bond motifs is 3. The Morgan fingerprint density at radius 1 is 1.37 bits per heavy atom. The number of nitriles is 1. The summed E-state index contributed by atoms with van der Waals surface area (Å²) >= 11 is 0. The van der Waals surface area contributed by atoms with Crippen LogP contribution in [0.1, 0.15) is 23.0 Å². The van der Waals surface area contributed by atoms with Crippen LogP contribution >= 0.6 is 0 Å². The van der Waals surface area contributed by atoms with Gasteiger partial charge in [-0.3, -0.25) is 4.79 Å². The molecule has 94 valence electrons. The van der Waals surface area contributed by atoms with Crippen molar-refractivity contribution in [2.45, 2.75) is 20.4 Å². The minimum atomic E-state index is -0.0329. The molecule has 2 aromatic heterocycles. The molecule has 0 fully saturated rings. The molecule has 0 aliphatic carbocycles. The Morgan fingerprint density at radius 3 is 2.68 bits per heavy atom. The summed E-state index contributed by atoms with van der Waals surface area (Å²) < 4.78 is 3.59. The van der Waals surface area contributed by atoms with E-state index < -0.39 is 0 Å². The monoisotopic (exact) mass is 252 g/mol. The summed E-state index contributed by atoms with van der Waals surface area (Å²) in [4.78, 5) is 11.8. The molecule has 5 heteroatoms. The maximum atomic E-state index is 11.8. The van der Waals surface area contributed by atoms with Gasteiger partial charge >= 0.3 is 0 Å². The van der Waals surface area contributed by atoms with Crippen molar-refractivity contribution in [3.63, 3.8) is 0 Å². The Balaban J connectivity index is 2.57. The van der Waals surface area contributed by atoms with Crippen molar-refractivity contribution in [1.82, 2.24) is 14.2 Å². The van der Waals surface area contributed by atoms with Crippen molar-refractivity contribution in [1.29, 1.82) is 5.26 Å². The van der Waals surface area contributed by atoms with E-state index in [1.165, 1.54) is 6.92 Å². The van der Waals surface area contributed by atoms with E-state index in [4.69, 9.17) is 5.26 Å². The lowest BCUT2D eigenvalue weighted by Gasteiger charge is -2.00. The third kappa shape index (κ3) is 1.47. The molecule has 2 heterocycles. The molecule has 0 radical (unpaired) electrons. The van der Waals surface area contributed by atoms with E-state index >= 15 is 0 Å². The molecular formula is C14H12N4O. The molecule has 0 saturated heterocycles. The average Bonchev–Trinajstić information content (AvgIpc) is 2.85. The maximum absolute atomic E-state index is 11.8.